The van der Waals surface area contributed by atoms with Crippen LogP contribution in [-0.4, -0.2) is 22.8 Å². The first-order valence-corrected chi connectivity index (χ1v) is 5.39. The molecule has 3 heterocycles. The Morgan fingerprint density at radius 3 is 3.07 bits per heavy atom. The first-order chi connectivity index (χ1) is 7.34. The number of hydrogen-bond donors (Lipinski definition) is 0. The molecule has 2 aromatic rings. The first kappa shape index (κ1) is 9.19. The Morgan fingerprint density at radius 2 is 2.33 bits per heavy atom. The van der Waals surface area contributed by atoms with Crippen LogP contribution in [0.15, 0.2) is 24.5 Å². The van der Waals surface area contributed by atoms with Gasteiger partial charge < -0.3 is 9.30 Å². The van der Waals surface area contributed by atoms with Crippen molar-refractivity contribution in [2.75, 3.05) is 13.2 Å². The number of fused-ring (bicyclic) bond motifs is 1. The Labute approximate surface area is 92.6 Å². The van der Waals surface area contributed by atoms with E-state index < -0.39 is 0 Å². The summed E-state index contributed by atoms with van der Waals surface area (Å²) in [6, 6.07) is 4.02. The van der Waals surface area contributed by atoms with Gasteiger partial charge in [0.2, 0.25) is 0 Å². The Bertz CT molecular complexity index is 490. The smallest absolute Gasteiger partial charge is 0.138 e. The molecule has 2 aromatic heterocycles. The van der Waals surface area contributed by atoms with Gasteiger partial charge in [0.25, 0.3) is 0 Å². The lowest BCUT2D eigenvalue weighted by molar-refractivity contribution is -0.0388. The van der Waals surface area contributed by atoms with E-state index in [0.29, 0.717) is 11.1 Å². The second-order valence-corrected chi connectivity index (χ2v) is 4.26. The monoisotopic (exact) mass is 222 g/mol. The Balaban J connectivity index is 2.00. The van der Waals surface area contributed by atoms with Gasteiger partial charge in [-0.25, -0.2) is 4.98 Å². The number of ether oxygens (including phenoxy) is 1. The van der Waals surface area contributed by atoms with Crippen LogP contribution in [0, 0.1) is 5.92 Å². The van der Waals surface area contributed by atoms with Crippen molar-refractivity contribution in [1.82, 2.24) is 9.55 Å². The van der Waals surface area contributed by atoms with Crippen molar-refractivity contribution < 1.29 is 4.74 Å². The highest BCUT2D eigenvalue weighted by Crippen LogP contribution is 2.23. The van der Waals surface area contributed by atoms with Gasteiger partial charge in [-0.1, -0.05) is 11.6 Å². The van der Waals surface area contributed by atoms with Gasteiger partial charge in [-0.15, -0.1) is 0 Å². The third-order valence-electron chi connectivity index (χ3n) is 2.81. The Kier molecular flexibility index (Phi) is 2.15. The summed E-state index contributed by atoms with van der Waals surface area (Å²) in [7, 11) is 0. The summed E-state index contributed by atoms with van der Waals surface area (Å²) in [5.74, 6) is 0.646. The molecule has 0 aliphatic carbocycles. The lowest BCUT2D eigenvalue weighted by Crippen LogP contribution is -2.31. The molecule has 0 aromatic carbocycles. The molecule has 1 aliphatic rings. The van der Waals surface area contributed by atoms with Crippen molar-refractivity contribution in [1.29, 1.82) is 0 Å². The van der Waals surface area contributed by atoms with E-state index in [1.807, 2.05) is 12.1 Å². The van der Waals surface area contributed by atoms with E-state index in [0.717, 1.165) is 30.7 Å². The topological polar surface area (TPSA) is 27.1 Å². The minimum Gasteiger partial charge on any atom is -0.381 e. The summed E-state index contributed by atoms with van der Waals surface area (Å²) in [6.45, 7) is 2.75. The third-order valence-corrected chi connectivity index (χ3v) is 3.11. The van der Waals surface area contributed by atoms with Gasteiger partial charge in [-0.05, 0) is 12.1 Å². The molecule has 1 aliphatic heterocycles. The molecule has 1 fully saturated rings. The molecule has 3 rings (SSSR count). The highest BCUT2D eigenvalue weighted by Gasteiger charge is 2.19. The second kappa shape index (κ2) is 3.51. The van der Waals surface area contributed by atoms with Gasteiger partial charge in [0.1, 0.15) is 5.15 Å². The van der Waals surface area contributed by atoms with Crippen LogP contribution in [0.25, 0.3) is 10.9 Å². The van der Waals surface area contributed by atoms with Crippen molar-refractivity contribution in [3.8, 4) is 0 Å². The molecular weight excluding hydrogens is 212 g/mol. The van der Waals surface area contributed by atoms with Gasteiger partial charge >= 0.3 is 0 Å². The SMILES string of the molecule is Clc1nccc2c1ccn2CC1COC1. The second-order valence-electron chi connectivity index (χ2n) is 3.91. The van der Waals surface area contributed by atoms with E-state index in [2.05, 4.69) is 15.7 Å². The number of rotatable bonds is 2. The standard InChI is InChI=1S/C11H11ClN2O/c12-11-9-2-4-14(5-8-6-15-7-8)10(9)1-3-13-11/h1-4,8H,5-7H2. The first-order valence-electron chi connectivity index (χ1n) is 5.01. The molecule has 4 heteroatoms. The molecular formula is C11H11ClN2O. The van der Waals surface area contributed by atoms with Crippen molar-refractivity contribution >= 4 is 22.5 Å². The fourth-order valence-corrected chi connectivity index (χ4v) is 2.13. The maximum Gasteiger partial charge on any atom is 0.138 e. The average molecular weight is 223 g/mol. The van der Waals surface area contributed by atoms with Gasteiger partial charge in [0.05, 0.1) is 18.7 Å². The maximum absolute atomic E-state index is 6.01. The van der Waals surface area contributed by atoms with Crippen LogP contribution in [0.3, 0.4) is 0 Å². The van der Waals surface area contributed by atoms with E-state index in [9.17, 15) is 0 Å². The number of aromatic nitrogens is 2. The fraction of sp³-hybridized carbons (Fsp3) is 0.364. The summed E-state index contributed by atoms with van der Waals surface area (Å²) in [5.41, 5.74) is 1.15. The molecule has 0 spiro atoms. The molecule has 0 unspecified atom stereocenters. The van der Waals surface area contributed by atoms with Crippen LogP contribution in [0.4, 0.5) is 0 Å². The molecule has 78 valence electrons. The number of nitrogens with zero attached hydrogens (tertiary/aromatic N) is 2. The third kappa shape index (κ3) is 1.52. The molecule has 15 heavy (non-hydrogen) atoms. The molecule has 0 N–H and O–H groups in total. The van der Waals surface area contributed by atoms with E-state index in [-0.39, 0.29) is 0 Å². The largest absolute Gasteiger partial charge is 0.381 e. The molecule has 0 amide bonds. The molecule has 0 bridgehead atoms. The molecule has 0 saturated carbocycles. The number of halogens is 1. The summed E-state index contributed by atoms with van der Waals surface area (Å²) < 4.78 is 7.39. The Hall–Kier alpha value is -1.06. The van der Waals surface area contributed by atoms with Crippen LogP contribution < -0.4 is 0 Å². The van der Waals surface area contributed by atoms with E-state index in [1.54, 1.807) is 6.20 Å². The Morgan fingerprint density at radius 1 is 1.47 bits per heavy atom. The zero-order valence-electron chi connectivity index (χ0n) is 8.19. The van der Waals surface area contributed by atoms with Crippen molar-refractivity contribution in [2.45, 2.75) is 6.54 Å². The van der Waals surface area contributed by atoms with E-state index >= 15 is 0 Å². The molecule has 0 radical (unpaired) electrons. The van der Waals surface area contributed by atoms with Crippen LogP contribution in [0.5, 0.6) is 0 Å². The maximum atomic E-state index is 6.01. The average Bonchev–Trinajstić information content (AvgIpc) is 2.56. The quantitative estimate of drug-likeness (QED) is 0.730. The van der Waals surface area contributed by atoms with E-state index in [4.69, 9.17) is 16.3 Å². The predicted octanol–water partition coefficient (Wildman–Crippen LogP) is 2.34. The molecule has 0 atom stereocenters. The van der Waals surface area contributed by atoms with Crippen LogP contribution >= 0.6 is 11.6 Å². The van der Waals surface area contributed by atoms with Gasteiger partial charge in [0, 0.05) is 30.2 Å². The minimum absolute atomic E-state index is 0.580. The molecule has 3 nitrogen and oxygen atoms in total. The summed E-state index contributed by atoms with van der Waals surface area (Å²) in [6.07, 6.45) is 3.81. The van der Waals surface area contributed by atoms with Crippen LogP contribution in [0.2, 0.25) is 5.15 Å². The normalized spacial score (nSPS) is 16.9. The zero-order valence-corrected chi connectivity index (χ0v) is 8.94. The van der Waals surface area contributed by atoms with Gasteiger partial charge in [0.15, 0.2) is 0 Å². The predicted molar refractivity (Wildman–Crippen MR) is 59.1 cm³/mol. The van der Waals surface area contributed by atoms with E-state index in [1.165, 1.54) is 0 Å². The van der Waals surface area contributed by atoms with Gasteiger partial charge in [-0.2, -0.15) is 0 Å². The lowest BCUT2D eigenvalue weighted by atomic mass is 10.1. The highest BCUT2D eigenvalue weighted by atomic mass is 35.5. The highest BCUT2D eigenvalue weighted by molar-refractivity contribution is 6.34. The van der Waals surface area contributed by atoms with Crippen molar-refractivity contribution in [2.24, 2.45) is 5.92 Å². The number of hydrogen-bond acceptors (Lipinski definition) is 2. The van der Waals surface area contributed by atoms with Crippen LogP contribution in [-0.2, 0) is 11.3 Å². The van der Waals surface area contributed by atoms with Gasteiger partial charge in [-0.3, -0.25) is 0 Å². The lowest BCUT2D eigenvalue weighted by Gasteiger charge is -2.26. The van der Waals surface area contributed by atoms with Crippen molar-refractivity contribution in [3.05, 3.63) is 29.7 Å². The summed E-state index contributed by atoms with van der Waals surface area (Å²) in [4.78, 5) is 4.06. The van der Waals surface area contributed by atoms with Crippen LogP contribution in [0.1, 0.15) is 0 Å². The fourth-order valence-electron chi connectivity index (χ4n) is 1.92. The van der Waals surface area contributed by atoms with Crippen molar-refractivity contribution in [3.63, 3.8) is 0 Å². The summed E-state index contributed by atoms with van der Waals surface area (Å²) in [5, 5.41) is 1.61. The number of pyridine rings is 1. The summed E-state index contributed by atoms with van der Waals surface area (Å²) >= 11 is 6.01. The molecule has 1 saturated heterocycles. The zero-order chi connectivity index (χ0) is 10.3. The minimum atomic E-state index is 0.580.